The van der Waals surface area contributed by atoms with Crippen LogP contribution in [0.2, 0.25) is 4.47 Å². The zero-order valence-corrected chi connectivity index (χ0v) is 15.0. The van der Waals surface area contributed by atoms with Gasteiger partial charge >= 0.3 is 0 Å². The lowest BCUT2D eigenvalue weighted by molar-refractivity contribution is 0.0990. The van der Waals surface area contributed by atoms with Gasteiger partial charge in [-0.05, 0) is 30.2 Å². The average Bonchev–Trinajstić information content (AvgIpc) is 3.26. The number of anilines is 2. The fourth-order valence-corrected chi connectivity index (χ4v) is 3.98. The first-order valence-electron chi connectivity index (χ1n) is 8.05. The summed E-state index contributed by atoms with van der Waals surface area (Å²) in [4.78, 5) is 20.0. The van der Waals surface area contributed by atoms with Crippen LogP contribution in [0.4, 0.5) is 11.4 Å². The van der Waals surface area contributed by atoms with Gasteiger partial charge in [-0.1, -0.05) is 41.9 Å². The molecule has 0 bridgehead atoms. The highest BCUT2D eigenvalue weighted by Gasteiger charge is 2.26. The highest BCUT2D eigenvalue weighted by Crippen LogP contribution is 2.30. The molecule has 0 atom stereocenters. The monoisotopic (exact) mass is 369 g/mol. The number of hydrogen-bond donors (Lipinski definition) is 1. The SMILES string of the molecule is O=C(c1ccccc1NCc1cnc(Cl)s1)N1CCc2ccccc21. The molecule has 4 rings (SSSR count). The second kappa shape index (κ2) is 6.86. The van der Waals surface area contributed by atoms with Crippen molar-refractivity contribution in [3.8, 4) is 0 Å². The van der Waals surface area contributed by atoms with E-state index in [1.165, 1.54) is 16.9 Å². The van der Waals surface area contributed by atoms with Gasteiger partial charge in [-0.25, -0.2) is 4.98 Å². The van der Waals surface area contributed by atoms with Gasteiger partial charge in [-0.3, -0.25) is 4.79 Å². The Kier molecular flexibility index (Phi) is 4.42. The number of aromatic nitrogens is 1. The molecule has 6 heteroatoms. The van der Waals surface area contributed by atoms with Gasteiger partial charge in [0.25, 0.3) is 5.91 Å². The number of nitrogens with zero attached hydrogens (tertiary/aromatic N) is 2. The molecule has 0 saturated carbocycles. The molecule has 2 heterocycles. The summed E-state index contributed by atoms with van der Waals surface area (Å²) in [5, 5.41) is 3.34. The fraction of sp³-hybridized carbons (Fsp3) is 0.158. The minimum Gasteiger partial charge on any atom is -0.379 e. The Balaban J connectivity index is 1.57. The first-order chi connectivity index (χ1) is 12.2. The molecule has 0 fully saturated rings. The van der Waals surface area contributed by atoms with Crippen molar-refractivity contribution in [2.75, 3.05) is 16.8 Å². The van der Waals surface area contributed by atoms with Crippen LogP contribution in [0.5, 0.6) is 0 Å². The van der Waals surface area contributed by atoms with Crippen molar-refractivity contribution >= 4 is 40.2 Å². The first-order valence-corrected chi connectivity index (χ1v) is 9.25. The first kappa shape index (κ1) is 16.1. The summed E-state index contributed by atoms with van der Waals surface area (Å²) in [6, 6.07) is 15.7. The Bertz CT molecular complexity index is 924. The molecule has 1 N–H and O–H groups in total. The molecule has 1 amide bonds. The number of carbonyl (C=O) groups excluding carboxylic acids is 1. The van der Waals surface area contributed by atoms with Crippen molar-refractivity contribution in [2.24, 2.45) is 0 Å². The van der Waals surface area contributed by atoms with Crippen LogP contribution in [0.25, 0.3) is 0 Å². The van der Waals surface area contributed by atoms with Gasteiger partial charge in [0.05, 0.1) is 12.1 Å². The van der Waals surface area contributed by atoms with E-state index in [0.717, 1.165) is 29.2 Å². The summed E-state index contributed by atoms with van der Waals surface area (Å²) >= 11 is 7.31. The predicted molar refractivity (Wildman–Crippen MR) is 103 cm³/mol. The Labute approximate surface area is 155 Å². The zero-order valence-electron chi connectivity index (χ0n) is 13.4. The summed E-state index contributed by atoms with van der Waals surface area (Å²) in [6.45, 7) is 1.31. The molecular weight excluding hydrogens is 354 g/mol. The Morgan fingerprint density at radius 3 is 2.84 bits per heavy atom. The molecule has 1 aliphatic rings. The zero-order chi connectivity index (χ0) is 17.2. The number of rotatable bonds is 4. The molecule has 2 aromatic carbocycles. The van der Waals surface area contributed by atoms with Crippen molar-refractivity contribution < 1.29 is 4.79 Å². The van der Waals surface area contributed by atoms with Crippen LogP contribution in [0, 0.1) is 0 Å². The quantitative estimate of drug-likeness (QED) is 0.730. The van der Waals surface area contributed by atoms with Gasteiger partial charge in [0.15, 0.2) is 4.47 Å². The summed E-state index contributed by atoms with van der Waals surface area (Å²) in [7, 11) is 0. The molecule has 0 spiro atoms. The van der Waals surface area contributed by atoms with Crippen LogP contribution >= 0.6 is 22.9 Å². The van der Waals surface area contributed by atoms with Crippen LogP contribution in [0.15, 0.2) is 54.7 Å². The lowest BCUT2D eigenvalue weighted by Crippen LogP contribution is -2.29. The minimum atomic E-state index is 0.0235. The highest BCUT2D eigenvalue weighted by atomic mass is 35.5. The van der Waals surface area contributed by atoms with Crippen LogP contribution in [-0.2, 0) is 13.0 Å². The fourth-order valence-electron chi connectivity index (χ4n) is 3.07. The largest absolute Gasteiger partial charge is 0.379 e. The molecule has 1 aliphatic heterocycles. The van der Waals surface area contributed by atoms with Crippen molar-refractivity contribution in [1.29, 1.82) is 0 Å². The maximum Gasteiger partial charge on any atom is 0.260 e. The number of thiazole rings is 1. The number of carbonyl (C=O) groups is 1. The van der Waals surface area contributed by atoms with E-state index in [9.17, 15) is 4.79 Å². The number of para-hydroxylation sites is 2. The van der Waals surface area contributed by atoms with E-state index in [2.05, 4.69) is 16.4 Å². The third-order valence-corrected chi connectivity index (χ3v) is 5.38. The Morgan fingerprint density at radius 2 is 2.00 bits per heavy atom. The number of halogens is 1. The minimum absolute atomic E-state index is 0.0235. The molecule has 4 nitrogen and oxygen atoms in total. The summed E-state index contributed by atoms with van der Waals surface area (Å²) in [5.41, 5.74) is 3.73. The summed E-state index contributed by atoms with van der Waals surface area (Å²) in [6.07, 6.45) is 2.65. The number of benzene rings is 2. The number of nitrogens with one attached hydrogen (secondary N) is 1. The van der Waals surface area contributed by atoms with Crippen molar-refractivity contribution in [1.82, 2.24) is 4.98 Å². The second-order valence-electron chi connectivity index (χ2n) is 5.81. The maximum absolute atomic E-state index is 13.1. The van der Waals surface area contributed by atoms with Gasteiger partial charge in [0.1, 0.15) is 0 Å². The van der Waals surface area contributed by atoms with Gasteiger partial charge in [0.2, 0.25) is 0 Å². The Hall–Kier alpha value is -2.37. The molecule has 25 heavy (non-hydrogen) atoms. The smallest absolute Gasteiger partial charge is 0.260 e. The van der Waals surface area contributed by atoms with Crippen LogP contribution < -0.4 is 10.2 Å². The molecule has 3 aromatic rings. The molecule has 0 saturated heterocycles. The van der Waals surface area contributed by atoms with Crippen molar-refractivity contribution in [3.05, 3.63) is 75.2 Å². The van der Waals surface area contributed by atoms with E-state index in [1.807, 2.05) is 47.4 Å². The molecule has 0 radical (unpaired) electrons. The third-order valence-electron chi connectivity index (χ3n) is 4.27. The van der Waals surface area contributed by atoms with E-state index in [1.54, 1.807) is 6.20 Å². The lowest BCUT2D eigenvalue weighted by Gasteiger charge is -2.19. The maximum atomic E-state index is 13.1. The van der Waals surface area contributed by atoms with Crippen LogP contribution in [0.3, 0.4) is 0 Å². The number of amides is 1. The highest BCUT2D eigenvalue weighted by molar-refractivity contribution is 7.15. The average molecular weight is 370 g/mol. The summed E-state index contributed by atoms with van der Waals surface area (Å²) in [5.74, 6) is 0.0235. The van der Waals surface area contributed by atoms with E-state index in [0.29, 0.717) is 16.6 Å². The van der Waals surface area contributed by atoms with Crippen molar-refractivity contribution in [3.63, 3.8) is 0 Å². The van der Waals surface area contributed by atoms with Gasteiger partial charge in [-0.15, -0.1) is 11.3 Å². The Morgan fingerprint density at radius 1 is 1.20 bits per heavy atom. The third kappa shape index (κ3) is 3.25. The van der Waals surface area contributed by atoms with E-state index in [-0.39, 0.29) is 5.91 Å². The van der Waals surface area contributed by atoms with Crippen LogP contribution in [-0.4, -0.2) is 17.4 Å². The standard InChI is InChI=1S/C19H16ClN3OS/c20-19-22-12-14(25-19)11-21-16-7-3-2-6-15(16)18(24)23-10-9-13-5-1-4-8-17(13)23/h1-8,12,21H,9-11H2. The lowest BCUT2D eigenvalue weighted by atomic mass is 10.1. The summed E-state index contributed by atoms with van der Waals surface area (Å²) < 4.78 is 0.523. The van der Waals surface area contributed by atoms with Gasteiger partial charge in [-0.2, -0.15) is 0 Å². The van der Waals surface area contributed by atoms with Gasteiger partial charge in [0, 0.05) is 29.0 Å². The molecule has 1 aromatic heterocycles. The van der Waals surface area contributed by atoms with E-state index >= 15 is 0 Å². The molecular formula is C19H16ClN3OS. The number of hydrogen-bond acceptors (Lipinski definition) is 4. The molecule has 0 aliphatic carbocycles. The van der Waals surface area contributed by atoms with Gasteiger partial charge < -0.3 is 10.2 Å². The molecule has 126 valence electrons. The normalized spacial score (nSPS) is 12.9. The van der Waals surface area contributed by atoms with Crippen LogP contribution in [0.1, 0.15) is 20.8 Å². The van der Waals surface area contributed by atoms with Crippen molar-refractivity contribution in [2.45, 2.75) is 13.0 Å². The van der Waals surface area contributed by atoms with E-state index in [4.69, 9.17) is 11.6 Å². The topological polar surface area (TPSA) is 45.2 Å². The predicted octanol–water partition coefficient (Wildman–Crippen LogP) is 4.61. The molecule has 0 unspecified atom stereocenters. The van der Waals surface area contributed by atoms with E-state index < -0.39 is 0 Å². The number of fused-ring (bicyclic) bond motifs is 1. The second-order valence-corrected chi connectivity index (χ2v) is 7.51.